The van der Waals surface area contributed by atoms with E-state index in [0.717, 1.165) is 18.5 Å². The molecule has 1 aromatic heterocycles. The molecule has 0 bridgehead atoms. The second-order valence-electron chi connectivity index (χ2n) is 5.70. The van der Waals surface area contributed by atoms with Crippen LogP contribution in [0.4, 0.5) is 0 Å². The highest BCUT2D eigenvalue weighted by Gasteiger charge is 2.26. The Bertz CT molecular complexity index is 660. The van der Waals surface area contributed by atoms with E-state index in [9.17, 15) is 13.2 Å². The van der Waals surface area contributed by atoms with Crippen molar-refractivity contribution in [1.82, 2.24) is 19.6 Å². The highest BCUT2D eigenvalue weighted by atomic mass is 32.2. The van der Waals surface area contributed by atoms with E-state index in [1.807, 2.05) is 0 Å². The molecule has 8 heteroatoms. The van der Waals surface area contributed by atoms with Gasteiger partial charge in [-0.15, -0.1) is 0 Å². The standard InChI is InChI=1S/C14H22N4O3S/c1-10-16-12(8-13(17-10)14(19)15-2)7-11-5-4-6-18(9-11)22(3,20)21/h8,11H,4-7,9H2,1-3H3,(H,15,19)/t11-/m0/s1. The molecule has 22 heavy (non-hydrogen) atoms. The van der Waals surface area contributed by atoms with Gasteiger partial charge in [0.25, 0.3) is 5.91 Å². The first-order chi connectivity index (χ1) is 10.3. The molecule has 1 aliphatic heterocycles. The summed E-state index contributed by atoms with van der Waals surface area (Å²) in [4.78, 5) is 20.2. The number of hydrogen-bond donors (Lipinski definition) is 1. The summed E-state index contributed by atoms with van der Waals surface area (Å²) in [5, 5.41) is 2.55. The fraction of sp³-hybridized carbons (Fsp3) is 0.643. The van der Waals surface area contributed by atoms with Gasteiger partial charge in [-0.3, -0.25) is 4.79 Å². The van der Waals surface area contributed by atoms with Gasteiger partial charge in [0.15, 0.2) is 0 Å². The summed E-state index contributed by atoms with van der Waals surface area (Å²) in [7, 11) is -1.59. The molecule has 0 saturated carbocycles. The van der Waals surface area contributed by atoms with Crippen molar-refractivity contribution in [1.29, 1.82) is 0 Å². The van der Waals surface area contributed by atoms with Crippen molar-refractivity contribution >= 4 is 15.9 Å². The van der Waals surface area contributed by atoms with Crippen molar-refractivity contribution in [2.75, 3.05) is 26.4 Å². The number of rotatable bonds is 4. The molecular formula is C14H22N4O3S. The third kappa shape index (κ3) is 4.23. The van der Waals surface area contributed by atoms with Gasteiger partial charge in [-0.1, -0.05) is 0 Å². The number of nitrogens with one attached hydrogen (secondary N) is 1. The van der Waals surface area contributed by atoms with Crippen molar-refractivity contribution in [3.63, 3.8) is 0 Å². The Morgan fingerprint density at radius 2 is 2.18 bits per heavy atom. The van der Waals surface area contributed by atoms with Crippen LogP contribution in [0.5, 0.6) is 0 Å². The van der Waals surface area contributed by atoms with Gasteiger partial charge in [0, 0.05) is 25.8 Å². The molecule has 2 rings (SSSR count). The van der Waals surface area contributed by atoms with Crippen molar-refractivity contribution < 1.29 is 13.2 Å². The lowest BCUT2D eigenvalue weighted by atomic mass is 9.94. The Morgan fingerprint density at radius 3 is 2.82 bits per heavy atom. The lowest BCUT2D eigenvalue weighted by Crippen LogP contribution is -2.39. The molecule has 122 valence electrons. The molecule has 1 atom stereocenters. The Kier molecular flexibility index (Phi) is 5.12. The number of sulfonamides is 1. The molecule has 0 aliphatic carbocycles. The molecule has 0 unspecified atom stereocenters. The first-order valence-corrected chi connectivity index (χ1v) is 9.16. The zero-order valence-electron chi connectivity index (χ0n) is 13.2. The van der Waals surface area contributed by atoms with E-state index in [1.54, 1.807) is 20.0 Å². The minimum absolute atomic E-state index is 0.218. The molecule has 0 radical (unpaired) electrons. The molecule has 0 aromatic carbocycles. The minimum Gasteiger partial charge on any atom is -0.354 e. The average Bonchev–Trinajstić information content (AvgIpc) is 2.45. The second kappa shape index (κ2) is 6.70. The first-order valence-electron chi connectivity index (χ1n) is 7.31. The molecule has 1 aliphatic rings. The summed E-state index contributed by atoms with van der Waals surface area (Å²) in [5.74, 6) is 0.523. The van der Waals surface area contributed by atoms with Crippen molar-refractivity contribution in [3.05, 3.63) is 23.3 Å². The normalized spacial score (nSPS) is 19.9. The van der Waals surface area contributed by atoms with Crippen LogP contribution in [0.15, 0.2) is 6.07 Å². The average molecular weight is 326 g/mol. The Morgan fingerprint density at radius 1 is 1.45 bits per heavy atom. The van der Waals surface area contributed by atoms with Crippen LogP contribution in [-0.2, 0) is 16.4 Å². The number of aromatic nitrogens is 2. The van der Waals surface area contributed by atoms with Crippen LogP contribution in [-0.4, -0.2) is 55.0 Å². The summed E-state index contributed by atoms with van der Waals surface area (Å²) in [6.07, 6.45) is 3.71. The maximum absolute atomic E-state index is 11.7. The van der Waals surface area contributed by atoms with Gasteiger partial charge >= 0.3 is 0 Å². The molecule has 1 saturated heterocycles. The van der Waals surface area contributed by atoms with E-state index in [1.165, 1.54) is 10.6 Å². The molecule has 1 fully saturated rings. The molecule has 1 amide bonds. The van der Waals surface area contributed by atoms with Gasteiger partial charge in [0.05, 0.1) is 6.26 Å². The number of nitrogens with zero attached hydrogens (tertiary/aromatic N) is 3. The Balaban J connectivity index is 2.13. The largest absolute Gasteiger partial charge is 0.354 e. The van der Waals surface area contributed by atoms with Crippen LogP contribution in [0.1, 0.15) is 34.8 Å². The number of aryl methyl sites for hydroxylation is 1. The van der Waals surface area contributed by atoms with Gasteiger partial charge < -0.3 is 5.32 Å². The van der Waals surface area contributed by atoms with Gasteiger partial charge in [0.2, 0.25) is 10.0 Å². The van der Waals surface area contributed by atoms with E-state index in [4.69, 9.17) is 0 Å². The summed E-state index contributed by atoms with van der Waals surface area (Å²) >= 11 is 0. The summed E-state index contributed by atoms with van der Waals surface area (Å²) in [6, 6.07) is 1.69. The molecule has 7 nitrogen and oxygen atoms in total. The lowest BCUT2D eigenvalue weighted by Gasteiger charge is -2.30. The third-order valence-electron chi connectivity index (χ3n) is 3.80. The SMILES string of the molecule is CNC(=O)c1cc(C[C@@H]2CCCN(S(C)(=O)=O)C2)nc(C)n1. The predicted molar refractivity (Wildman–Crippen MR) is 83.0 cm³/mol. The predicted octanol–water partition coefficient (Wildman–Crippen LogP) is 0.359. The zero-order valence-corrected chi connectivity index (χ0v) is 14.0. The van der Waals surface area contributed by atoms with Crippen LogP contribution < -0.4 is 5.32 Å². The van der Waals surface area contributed by atoms with Crippen molar-refractivity contribution in [2.24, 2.45) is 5.92 Å². The number of amides is 1. The monoisotopic (exact) mass is 326 g/mol. The van der Waals surface area contributed by atoms with Crippen molar-refractivity contribution in [2.45, 2.75) is 26.2 Å². The fourth-order valence-electron chi connectivity index (χ4n) is 2.77. The van der Waals surface area contributed by atoms with E-state index < -0.39 is 10.0 Å². The van der Waals surface area contributed by atoms with E-state index in [2.05, 4.69) is 15.3 Å². The smallest absolute Gasteiger partial charge is 0.269 e. The van der Waals surface area contributed by atoms with Crippen LogP contribution in [0.2, 0.25) is 0 Å². The lowest BCUT2D eigenvalue weighted by molar-refractivity contribution is 0.0957. The molecular weight excluding hydrogens is 304 g/mol. The van der Waals surface area contributed by atoms with Crippen LogP contribution in [0.3, 0.4) is 0 Å². The van der Waals surface area contributed by atoms with Gasteiger partial charge in [-0.05, 0) is 38.2 Å². The van der Waals surface area contributed by atoms with E-state index >= 15 is 0 Å². The summed E-state index contributed by atoms with van der Waals surface area (Å²) in [5.41, 5.74) is 1.13. The topological polar surface area (TPSA) is 92.3 Å². The number of carbonyl (C=O) groups excluding carboxylic acids is 1. The first kappa shape index (κ1) is 16.8. The molecule has 0 spiro atoms. The second-order valence-corrected chi connectivity index (χ2v) is 7.69. The number of piperidine rings is 1. The number of hydrogen-bond acceptors (Lipinski definition) is 5. The molecule has 2 heterocycles. The molecule has 1 aromatic rings. The Labute approximate surface area is 131 Å². The highest BCUT2D eigenvalue weighted by Crippen LogP contribution is 2.22. The van der Waals surface area contributed by atoms with E-state index in [0.29, 0.717) is 31.0 Å². The van der Waals surface area contributed by atoms with Gasteiger partial charge in [-0.25, -0.2) is 22.7 Å². The summed E-state index contributed by atoms with van der Waals surface area (Å²) < 4.78 is 24.9. The fourth-order valence-corrected chi connectivity index (χ4v) is 3.71. The van der Waals surface area contributed by atoms with Crippen molar-refractivity contribution in [3.8, 4) is 0 Å². The van der Waals surface area contributed by atoms with Crippen LogP contribution in [0, 0.1) is 12.8 Å². The number of carbonyl (C=O) groups is 1. The quantitative estimate of drug-likeness (QED) is 0.862. The zero-order chi connectivity index (χ0) is 16.3. The maximum Gasteiger partial charge on any atom is 0.269 e. The van der Waals surface area contributed by atoms with E-state index in [-0.39, 0.29) is 11.8 Å². The molecule has 1 N–H and O–H groups in total. The summed E-state index contributed by atoms with van der Waals surface area (Å²) in [6.45, 7) is 2.85. The highest BCUT2D eigenvalue weighted by molar-refractivity contribution is 7.88. The minimum atomic E-state index is -3.15. The van der Waals surface area contributed by atoms with Crippen LogP contribution in [0.25, 0.3) is 0 Å². The third-order valence-corrected chi connectivity index (χ3v) is 5.07. The van der Waals surface area contributed by atoms with Crippen LogP contribution >= 0.6 is 0 Å². The Hall–Kier alpha value is -1.54. The van der Waals surface area contributed by atoms with Gasteiger partial charge in [-0.2, -0.15) is 0 Å². The van der Waals surface area contributed by atoms with Gasteiger partial charge in [0.1, 0.15) is 11.5 Å². The maximum atomic E-state index is 11.7.